The summed E-state index contributed by atoms with van der Waals surface area (Å²) in [6.45, 7) is 3.92. The topological polar surface area (TPSA) is 94.2 Å². The smallest absolute Gasteiger partial charge is 0.344 e. The summed E-state index contributed by atoms with van der Waals surface area (Å²) in [5, 5.41) is 1.20. The van der Waals surface area contributed by atoms with Crippen molar-refractivity contribution in [3.63, 3.8) is 0 Å². The molecule has 0 spiro atoms. The molecule has 3 rings (SSSR count). The standard InChI is InChI=1S/C22H22N2O6/c1-3-28-19-13-15(10-11-18(19)30-14-20(25)29-4-2)12-17-21(26)23-24(22(17)27)16-8-6-5-7-9-16/h5-13H,3-4,14H2,1-2H3,(H,23,26). The van der Waals surface area contributed by atoms with E-state index in [1.54, 1.807) is 49.4 Å². The molecule has 1 N–H and O–H groups in total. The van der Waals surface area contributed by atoms with Gasteiger partial charge in [0.15, 0.2) is 18.1 Å². The van der Waals surface area contributed by atoms with Crippen molar-refractivity contribution in [2.45, 2.75) is 13.8 Å². The Bertz CT molecular complexity index is 971. The molecule has 1 fully saturated rings. The van der Waals surface area contributed by atoms with E-state index in [9.17, 15) is 14.4 Å². The summed E-state index contributed by atoms with van der Waals surface area (Å²) in [4.78, 5) is 36.6. The Hall–Kier alpha value is -3.81. The van der Waals surface area contributed by atoms with E-state index in [0.29, 0.717) is 29.4 Å². The minimum absolute atomic E-state index is 0.00138. The molecule has 8 nitrogen and oxygen atoms in total. The Morgan fingerprint density at radius 2 is 1.77 bits per heavy atom. The minimum atomic E-state index is -0.496. The van der Waals surface area contributed by atoms with Crippen LogP contribution in [0.5, 0.6) is 11.5 Å². The maximum Gasteiger partial charge on any atom is 0.344 e. The molecule has 0 atom stereocenters. The molecule has 1 heterocycles. The summed E-state index contributed by atoms with van der Waals surface area (Å²) in [6, 6.07) is 13.8. The first-order valence-electron chi connectivity index (χ1n) is 9.51. The molecule has 0 saturated carbocycles. The van der Waals surface area contributed by atoms with Gasteiger partial charge in [0.1, 0.15) is 5.57 Å². The Morgan fingerprint density at radius 3 is 2.47 bits per heavy atom. The lowest BCUT2D eigenvalue weighted by molar-refractivity contribution is -0.145. The van der Waals surface area contributed by atoms with E-state index < -0.39 is 17.8 Å². The van der Waals surface area contributed by atoms with Gasteiger partial charge in [0.2, 0.25) is 0 Å². The highest BCUT2D eigenvalue weighted by Gasteiger charge is 2.34. The Kier molecular flexibility index (Phi) is 6.69. The number of benzene rings is 2. The fourth-order valence-corrected chi connectivity index (χ4v) is 2.82. The van der Waals surface area contributed by atoms with Gasteiger partial charge in [0.25, 0.3) is 11.8 Å². The van der Waals surface area contributed by atoms with Crippen LogP contribution in [0.4, 0.5) is 5.69 Å². The number of anilines is 1. The van der Waals surface area contributed by atoms with Crippen LogP contribution in [0.2, 0.25) is 0 Å². The summed E-state index contributed by atoms with van der Waals surface area (Å²) in [5.74, 6) is -0.682. The van der Waals surface area contributed by atoms with E-state index in [0.717, 1.165) is 0 Å². The summed E-state index contributed by atoms with van der Waals surface area (Å²) in [5.41, 5.74) is 3.70. The predicted molar refractivity (Wildman–Crippen MR) is 110 cm³/mol. The molecule has 8 heteroatoms. The molecule has 1 aliphatic heterocycles. The number of esters is 1. The first-order valence-corrected chi connectivity index (χ1v) is 9.51. The van der Waals surface area contributed by atoms with Gasteiger partial charge >= 0.3 is 5.97 Å². The number of nitrogens with zero attached hydrogens (tertiary/aromatic N) is 1. The highest BCUT2D eigenvalue weighted by molar-refractivity contribution is 6.31. The predicted octanol–water partition coefficient (Wildman–Crippen LogP) is 2.49. The van der Waals surface area contributed by atoms with Crippen LogP contribution in [0.25, 0.3) is 6.08 Å². The SMILES string of the molecule is CCOC(=O)COc1ccc(C=C2C(=O)NN(c3ccccc3)C2=O)cc1OCC. The van der Waals surface area contributed by atoms with Crippen LogP contribution in [0.3, 0.4) is 0 Å². The number of amides is 2. The van der Waals surface area contributed by atoms with E-state index >= 15 is 0 Å². The van der Waals surface area contributed by atoms with E-state index in [4.69, 9.17) is 14.2 Å². The number of carbonyl (C=O) groups excluding carboxylic acids is 3. The molecule has 0 aromatic heterocycles. The number of nitrogens with one attached hydrogen (secondary N) is 1. The minimum Gasteiger partial charge on any atom is -0.490 e. The third-order valence-electron chi connectivity index (χ3n) is 4.14. The van der Waals surface area contributed by atoms with Gasteiger partial charge in [0.05, 0.1) is 18.9 Å². The molecule has 2 aromatic carbocycles. The molecule has 1 aliphatic rings. The van der Waals surface area contributed by atoms with E-state index in [1.807, 2.05) is 13.0 Å². The quantitative estimate of drug-likeness (QED) is 0.408. The molecule has 0 aliphatic carbocycles. The fourth-order valence-electron chi connectivity index (χ4n) is 2.82. The Labute approximate surface area is 174 Å². The summed E-state index contributed by atoms with van der Waals surface area (Å²) >= 11 is 0. The van der Waals surface area contributed by atoms with Gasteiger partial charge in [-0.05, 0) is 49.8 Å². The number of para-hydroxylation sites is 1. The zero-order valence-corrected chi connectivity index (χ0v) is 16.7. The second-order valence-electron chi connectivity index (χ2n) is 6.21. The van der Waals surface area contributed by atoms with Crippen molar-refractivity contribution in [3.8, 4) is 11.5 Å². The molecule has 2 amide bonds. The highest BCUT2D eigenvalue weighted by Crippen LogP contribution is 2.30. The van der Waals surface area contributed by atoms with Crippen molar-refractivity contribution in [3.05, 3.63) is 59.7 Å². The normalized spacial score (nSPS) is 14.6. The number of ether oxygens (including phenoxy) is 3. The third kappa shape index (κ3) is 4.78. The zero-order chi connectivity index (χ0) is 21.5. The number of hydrogen-bond donors (Lipinski definition) is 1. The molecular weight excluding hydrogens is 388 g/mol. The van der Waals surface area contributed by atoms with Crippen molar-refractivity contribution in [1.29, 1.82) is 0 Å². The second-order valence-corrected chi connectivity index (χ2v) is 6.21. The summed E-state index contributed by atoms with van der Waals surface area (Å²) < 4.78 is 15.9. The van der Waals surface area contributed by atoms with Crippen molar-refractivity contribution >= 4 is 29.5 Å². The van der Waals surface area contributed by atoms with Gasteiger partial charge in [-0.15, -0.1) is 0 Å². The van der Waals surface area contributed by atoms with E-state index in [2.05, 4.69) is 5.43 Å². The number of rotatable bonds is 8. The van der Waals surface area contributed by atoms with Gasteiger partial charge < -0.3 is 14.2 Å². The number of carbonyl (C=O) groups is 3. The van der Waals surface area contributed by atoms with Crippen molar-refractivity contribution in [2.75, 3.05) is 24.8 Å². The second kappa shape index (κ2) is 9.60. The van der Waals surface area contributed by atoms with Crippen LogP contribution in [0, 0.1) is 0 Å². The van der Waals surface area contributed by atoms with Crippen LogP contribution < -0.4 is 19.9 Å². The van der Waals surface area contributed by atoms with Crippen LogP contribution >= 0.6 is 0 Å². The largest absolute Gasteiger partial charge is 0.490 e. The van der Waals surface area contributed by atoms with Crippen molar-refractivity contribution in [1.82, 2.24) is 5.43 Å². The Morgan fingerprint density at radius 1 is 1.00 bits per heavy atom. The molecule has 1 saturated heterocycles. The number of hydrazine groups is 1. The van der Waals surface area contributed by atoms with Crippen molar-refractivity contribution in [2.24, 2.45) is 0 Å². The van der Waals surface area contributed by atoms with Gasteiger partial charge in [-0.25, -0.2) is 9.80 Å². The lowest BCUT2D eigenvalue weighted by Gasteiger charge is -2.14. The summed E-state index contributed by atoms with van der Waals surface area (Å²) in [6.07, 6.45) is 1.48. The van der Waals surface area contributed by atoms with Gasteiger partial charge in [-0.3, -0.25) is 15.0 Å². The molecule has 2 aromatic rings. The molecule has 0 radical (unpaired) electrons. The van der Waals surface area contributed by atoms with Crippen LogP contribution in [-0.2, 0) is 19.1 Å². The average molecular weight is 410 g/mol. The Balaban J connectivity index is 1.82. The van der Waals surface area contributed by atoms with Crippen LogP contribution in [-0.4, -0.2) is 37.6 Å². The van der Waals surface area contributed by atoms with Gasteiger partial charge in [-0.2, -0.15) is 0 Å². The average Bonchev–Trinajstić information content (AvgIpc) is 3.02. The van der Waals surface area contributed by atoms with Crippen LogP contribution in [0.1, 0.15) is 19.4 Å². The first-order chi connectivity index (χ1) is 14.5. The molecule has 0 bridgehead atoms. The molecule has 156 valence electrons. The van der Waals surface area contributed by atoms with E-state index in [-0.39, 0.29) is 18.8 Å². The lowest BCUT2D eigenvalue weighted by atomic mass is 10.1. The van der Waals surface area contributed by atoms with Gasteiger partial charge in [0, 0.05) is 0 Å². The maximum atomic E-state index is 12.7. The lowest BCUT2D eigenvalue weighted by Crippen LogP contribution is -2.35. The highest BCUT2D eigenvalue weighted by atomic mass is 16.6. The summed E-state index contributed by atoms with van der Waals surface area (Å²) in [7, 11) is 0. The molecule has 0 unspecified atom stereocenters. The van der Waals surface area contributed by atoms with Crippen molar-refractivity contribution < 1.29 is 28.6 Å². The van der Waals surface area contributed by atoms with Gasteiger partial charge in [-0.1, -0.05) is 24.3 Å². The monoisotopic (exact) mass is 410 g/mol. The third-order valence-corrected chi connectivity index (χ3v) is 4.14. The first kappa shape index (κ1) is 20.9. The van der Waals surface area contributed by atoms with Crippen LogP contribution in [0.15, 0.2) is 54.1 Å². The maximum absolute atomic E-state index is 12.7. The molecule has 30 heavy (non-hydrogen) atoms. The van der Waals surface area contributed by atoms with E-state index in [1.165, 1.54) is 11.1 Å². The zero-order valence-electron chi connectivity index (χ0n) is 16.7. The fraction of sp³-hybridized carbons (Fsp3) is 0.227. The molecular formula is C22H22N2O6. The number of hydrogen-bond acceptors (Lipinski definition) is 6.